The third kappa shape index (κ3) is 9.01. The molecule has 0 radical (unpaired) electrons. The van der Waals surface area contributed by atoms with Crippen molar-refractivity contribution in [3.8, 4) is 0 Å². The van der Waals surface area contributed by atoms with Crippen LogP contribution in [-0.4, -0.2) is 74.2 Å². The summed E-state index contributed by atoms with van der Waals surface area (Å²) in [5.41, 5.74) is 1.84. The van der Waals surface area contributed by atoms with Crippen LogP contribution >= 0.6 is 15.9 Å². The Morgan fingerprint density at radius 1 is 0.977 bits per heavy atom. The summed E-state index contributed by atoms with van der Waals surface area (Å²) in [4.78, 5) is 40.1. The fourth-order valence-corrected chi connectivity index (χ4v) is 5.69. The molecule has 44 heavy (non-hydrogen) atoms. The second-order valence-corrected chi connectivity index (χ2v) is 11.5. The van der Waals surface area contributed by atoms with Crippen LogP contribution in [0.5, 0.6) is 0 Å². The molecular formula is C33H37BrO10. The first-order valence-electron chi connectivity index (χ1n) is 14.4. The molecule has 236 valence electrons. The van der Waals surface area contributed by atoms with E-state index in [1.807, 2.05) is 66.7 Å². The van der Waals surface area contributed by atoms with Crippen molar-refractivity contribution in [1.29, 1.82) is 0 Å². The Morgan fingerprint density at radius 3 is 2.23 bits per heavy atom. The average Bonchev–Trinajstić information content (AvgIpc) is 3.02. The lowest BCUT2D eigenvalue weighted by Crippen LogP contribution is -2.63. The number of hydrogen-bond donors (Lipinski definition) is 1. The van der Waals surface area contributed by atoms with Crippen LogP contribution in [0.4, 0.5) is 4.79 Å². The standard InChI is InChI=1S/C33H37BrO10/c1-3-16-40-33(38)44-29-28-27(26(20-35)41-32(29)39-2)42-30(36)24(18-22-12-9-15-25(34)19-22)14-8-7-13-23(31(37)43-28)17-21-10-5-4-6-11-21/h3-12,15,19,23-24,26-29,32,35H,1,13-14,16-18,20H2,2H3/b8-7+/t23-,24-,26-,27-,28+,29-,32+/m1/s1. The molecule has 2 aliphatic heterocycles. The summed E-state index contributed by atoms with van der Waals surface area (Å²) in [5, 5.41) is 10.3. The van der Waals surface area contributed by atoms with Crippen LogP contribution in [0, 0.1) is 11.8 Å². The van der Waals surface area contributed by atoms with Crippen molar-refractivity contribution < 1.29 is 47.9 Å². The van der Waals surface area contributed by atoms with E-state index in [9.17, 15) is 19.5 Å². The van der Waals surface area contributed by atoms with E-state index in [1.54, 1.807) is 0 Å². The first-order valence-corrected chi connectivity index (χ1v) is 15.2. The van der Waals surface area contributed by atoms with Crippen molar-refractivity contribution in [2.45, 2.75) is 56.4 Å². The zero-order valence-corrected chi connectivity index (χ0v) is 26.0. The van der Waals surface area contributed by atoms with Gasteiger partial charge >= 0.3 is 18.1 Å². The Labute approximate surface area is 265 Å². The van der Waals surface area contributed by atoms with Crippen molar-refractivity contribution in [2.75, 3.05) is 20.3 Å². The van der Waals surface area contributed by atoms with Crippen molar-refractivity contribution in [3.63, 3.8) is 0 Å². The number of carbonyl (C=O) groups excluding carboxylic acids is 3. The second-order valence-electron chi connectivity index (χ2n) is 10.6. The molecule has 0 unspecified atom stereocenters. The van der Waals surface area contributed by atoms with Gasteiger partial charge in [0.25, 0.3) is 0 Å². The Balaban J connectivity index is 1.72. The maximum atomic E-state index is 13.8. The minimum Gasteiger partial charge on any atom is -0.455 e. The average molecular weight is 674 g/mol. The molecule has 0 spiro atoms. The molecule has 0 aromatic heterocycles. The van der Waals surface area contributed by atoms with Gasteiger partial charge in [0.2, 0.25) is 0 Å². The van der Waals surface area contributed by atoms with Crippen LogP contribution in [0.25, 0.3) is 0 Å². The number of aliphatic hydroxyl groups is 1. The lowest BCUT2D eigenvalue weighted by atomic mass is 9.92. The number of aliphatic hydroxyl groups excluding tert-OH is 1. The largest absolute Gasteiger partial charge is 0.509 e. The monoisotopic (exact) mass is 672 g/mol. The Hall–Kier alpha value is -3.51. The van der Waals surface area contributed by atoms with Gasteiger partial charge in [-0.15, -0.1) is 0 Å². The summed E-state index contributed by atoms with van der Waals surface area (Å²) < 4.78 is 34.7. The third-order valence-corrected chi connectivity index (χ3v) is 7.92. The molecular weight excluding hydrogens is 636 g/mol. The second kappa shape index (κ2) is 16.5. The van der Waals surface area contributed by atoms with Gasteiger partial charge in [-0.05, 0) is 48.9 Å². The van der Waals surface area contributed by atoms with Crippen molar-refractivity contribution >= 4 is 34.0 Å². The number of ether oxygens (including phenoxy) is 6. The number of rotatable bonds is 9. The number of hydrogen-bond acceptors (Lipinski definition) is 10. The predicted octanol–water partition coefficient (Wildman–Crippen LogP) is 4.71. The maximum absolute atomic E-state index is 13.8. The minimum atomic E-state index is -1.39. The van der Waals surface area contributed by atoms with E-state index in [-0.39, 0.29) is 6.61 Å². The summed E-state index contributed by atoms with van der Waals surface area (Å²) in [5.74, 6) is -2.41. The highest BCUT2D eigenvalue weighted by molar-refractivity contribution is 9.10. The Kier molecular flexibility index (Phi) is 12.5. The number of fused-ring (bicyclic) bond motifs is 1. The Bertz CT molecular complexity index is 1300. The summed E-state index contributed by atoms with van der Waals surface area (Å²) >= 11 is 3.48. The van der Waals surface area contributed by atoms with Gasteiger partial charge in [0.15, 0.2) is 24.6 Å². The van der Waals surface area contributed by atoms with Crippen molar-refractivity contribution in [3.05, 3.63) is 95.0 Å². The van der Waals surface area contributed by atoms with E-state index in [4.69, 9.17) is 28.4 Å². The van der Waals surface area contributed by atoms with Gasteiger partial charge in [-0.2, -0.15) is 0 Å². The number of esters is 2. The molecule has 2 aromatic carbocycles. The van der Waals surface area contributed by atoms with Crippen LogP contribution in [0.1, 0.15) is 24.0 Å². The quantitative estimate of drug-likeness (QED) is 0.227. The molecule has 1 fully saturated rings. The molecule has 2 heterocycles. The molecule has 0 saturated carbocycles. The molecule has 4 rings (SSSR count). The molecule has 0 aliphatic carbocycles. The molecule has 10 nitrogen and oxygen atoms in total. The zero-order chi connectivity index (χ0) is 31.5. The van der Waals surface area contributed by atoms with Crippen molar-refractivity contribution in [2.24, 2.45) is 11.8 Å². The van der Waals surface area contributed by atoms with Gasteiger partial charge in [0.05, 0.1) is 18.4 Å². The molecule has 1 N–H and O–H groups in total. The van der Waals surface area contributed by atoms with E-state index < -0.39 is 67.2 Å². The van der Waals surface area contributed by atoms with E-state index in [2.05, 4.69) is 22.5 Å². The van der Waals surface area contributed by atoms with Crippen LogP contribution < -0.4 is 0 Å². The van der Waals surface area contributed by atoms with E-state index in [0.29, 0.717) is 25.7 Å². The molecule has 2 aliphatic rings. The molecule has 2 aromatic rings. The summed E-state index contributed by atoms with van der Waals surface area (Å²) in [6.07, 6.45) is -1.08. The van der Waals surface area contributed by atoms with Crippen LogP contribution in [0.3, 0.4) is 0 Å². The van der Waals surface area contributed by atoms with Crippen LogP contribution in [0.15, 0.2) is 83.9 Å². The van der Waals surface area contributed by atoms with Crippen LogP contribution in [-0.2, 0) is 50.9 Å². The maximum Gasteiger partial charge on any atom is 0.509 e. The lowest BCUT2D eigenvalue weighted by molar-refractivity contribution is -0.301. The molecule has 0 bridgehead atoms. The van der Waals surface area contributed by atoms with Crippen molar-refractivity contribution in [1.82, 2.24) is 0 Å². The van der Waals surface area contributed by atoms with E-state index >= 15 is 0 Å². The Morgan fingerprint density at radius 2 is 1.61 bits per heavy atom. The lowest BCUT2D eigenvalue weighted by Gasteiger charge is -2.44. The normalized spacial score (nSPS) is 28.2. The highest BCUT2D eigenvalue weighted by Gasteiger charge is 2.53. The molecule has 0 amide bonds. The molecule has 7 atom stereocenters. The molecule has 11 heteroatoms. The number of methoxy groups -OCH3 is 1. The van der Waals surface area contributed by atoms with Gasteiger partial charge < -0.3 is 33.5 Å². The summed E-state index contributed by atoms with van der Waals surface area (Å²) in [7, 11) is 1.31. The summed E-state index contributed by atoms with van der Waals surface area (Å²) in [6.45, 7) is 2.79. The van der Waals surface area contributed by atoms with E-state index in [0.717, 1.165) is 15.6 Å². The van der Waals surface area contributed by atoms with Gasteiger partial charge in [-0.25, -0.2) is 4.79 Å². The molecule has 1 saturated heterocycles. The highest BCUT2D eigenvalue weighted by Crippen LogP contribution is 2.32. The number of allylic oxidation sites excluding steroid dienone is 2. The van der Waals surface area contributed by atoms with Gasteiger partial charge in [-0.1, -0.05) is 83.2 Å². The number of halogens is 1. The number of benzene rings is 2. The minimum absolute atomic E-state index is 0.130. The third-order valence-electron chi connectivity index (χ3n) is 7.43. The topological polar surface area (TPSA) is 127 Å². The van der Waals surface area contributed by atoms with Gasteiger partial charge in [-0.3, -0.25) is 9.59 Å². The zero-order valence-electron chi connectivity index (χ0n) is 24.4. The number of carbonyl (C=O) groups is 3. The first kappa shape index (κ1) is 33.4. The van der Waals surface area contributed by atoms with Gasteiger partial charge in [0, 0.05) is 11.6 Å². The van der Waals surface area contributed by atoms with E-state index in [1.165, 1.54) is 13.2 Å². The SMILES string of the molecule is C=CCOC(=O)O[C@H]1[C@@H](OC)O[C@H](CO)[C@H]2OC(=O)[C@@H](Cc3cccc(Br)c3)C/C=C/C[C@H](Cc3ccccc3)C(=O)O[C@H]12. The fraction of sp³-hybridized carbons (Fsp3) is 0.424. The highest BCUT2D eigenvalue weighted by atomic mass is 79.9. The van der Waals surface area contributed by atoms with Gasteiger partial charge in [0.1, 0.15) is 12.7 Å². The fourth-order valence-electron chi connectivity index (χ4n) is 5.24. The first-order chi connectivity index (χ1) is 21.3. The smallest absolute Gasteiger partial charge is 0.455 e. The van der Waals surface area contributed by atoms with Crippen LogP contribution in [0.2, 0.25) is 0 Å². The summed E-state index contributed by atoms with van der Waals surface area (Å²) in [6, 6.07) is 17.1. The predicted molar refractivity (Wildman–Crippen MR) is 162 cm³/mol.